The maximum atomic E-state index is 12.3. The molecule has 2 aromatic rings. The first-order valence-corrected chi connectivity index (χ1v) is 7.13. The Morgan fingerprint density at radius 3 is 2.86 bits per heavy atom. The second-order valence-corrected chi connectivity index (χ2v) is 4.93. The van der Waals surface area contributed by atoms with Crippen LogP contribution < -0.4 is 11.1 Å². The number of nitrogens with zero attached hydrogens (tertiary/aromatic N) is 3. The highest BCUT2D eigenvalue weighted by Crippen LogP contribution is 2.19. The molecule has 0 bridgehead atoms. The Hall–Kier alpha value is -2.21. The molecule has 6 nitrogen and oxygen atoms in total. The van der Waals surface area contributed by atoms with Gasteiger partial charge in [-0.25, -0.2) is 9.97 Å². The fourth-order valence-corrected chi connectivity index (χ4v) is 2.23. The van der Waals surface area contributed by atoms with Gasteiger partial charge < -0.3 is 11.1 Å². The number of aryl methyl sites for hydroxylation is 1. The van der Waals surface area contributed by atoms with Gasteiger partial charge in [-0.2, -0.15) is 0 Å². The smallest absolute Gasteiger partial charge is 0.228 e. The number of carbonyl (C=O) groups excluding carboxylic acids is 1. The number of amides is 1. The van der Waals surface area contributed by atoms with Crippen LogP contribution in [0.15, 0.2) is 30.7 Å². The molecule has 0 aliphatic carbocycles. The van der Waals surface area contributed by atoms with Crippen molar-refractivity contribution in [1.82, 2.24) is 14.5 Å². The predicted molar refractivity (Wildman–Crippen MR) is 82.2 cm³/mol. The molecule has 1 unspecified atom stereocenters. The third-order valence-electron chi connectivity index (χ3n) is 3.39. The quantitative estimate of drug-likeness (QED) is 0.849. The minimum atomic E-state index is -0.174. The van der Waals surface area contributed by atoms with Crippen LogP contribution in [-0.4, -0.2) is 27.0 Å². The molecule has 0 aliphatic rings. The van der Waals surface area contributed by atoms with Gasteiger partial charge in [0.1, 0.15) is 5.82 Å². The van der Waals surface area contributed by atoms with E-state index >= 15 is 0 Å². The van der Waals surface area contributed by atoms with E-state index in [2.05, 4.69) is 15.3 Å². The molecule has 2 aromatic heterocycles. The van der Waals surface area contributed by atoms with Gasteiger partial charge in [-0.3, -0.25) is 9.36 Å². The maximum absolute atomic E-state index is 12.3. The lowest BCUT2D eigenvalue weighted by atomic mass is 10.0. The third-order valence-corrected chi connectivity index (χ3v) is 3.39. The Kier molecular flexibility index (Phi) is 5.05. The molecule has 0 radical (unpaired) electrons. The van der Waals surface area contributed by atoms with E-state index in [4.69, 9.17) is 5.73 Å². The van der Waals surface area contributed by atoms with Gasteiger partial charge in [-0.1, -0.05) is 13.3 Å². The zero-order valence-corrected chi connectivity index (χ0v) is 12.4. The van der Waals surface area contributed by atoms with Gasteiger partial charge in [-0.15, -0.1) is 0 Å². The summed E-state index contributed by atoms with van der Waals surface area (Å²) in [5, 5.41) is 2.93. The number of nitrogens with one attached hydrogen (secondary N) is 1. The summed E-state index contributed by atoms with van der Waals surface area (Å²) in [5.41, 5.74) is 6.34. The van der Waals surface area contributed by atoms with Gasteiger partial charge >= 0.3 is 0 Å². The first-order chi connectivity index (χ1) is 10.2. The van der Waals surface area contributed by atoms with E-state index in [0.29, 0.717) is 18.1 Å². The van der Waals surface area contributed by atoms with Crippen LogP contribution in [0, 0.1) is 12.8 Å². The van der Waals surface area contributed by atoms with Gasteiger partial charge in [0.05, 0.1) is 11.6 Å². The van der Waals surface area contributed by atoms with Crippen molar-refractivity contribution in [3.05, 3.63) is 36.5 Å². The fraction of sp³-hybridized carbons (Fsp3) is 0.400. The lowest BCUT2D eigenvalue weighted by Gasteiger charge is -2.16. The average Bonchev–Trinajstić information content (AvgIpc) is 2.91. The molecule has 2 heterocycles. The monoisotopic (exact) mass is 287 g/mol. The Morgan fingerprint density at radius 2 is 2.24 bits per heavy atom. The second-order valence-electron chi connectivity index (χ2n) is 4.93. The highest BCUT2D eigenvalue weighted by atomic mass is 16.1. The molecular weight excluding hydrogens is 266 g/mol. The van der Waals surface area contributed by atoms with Crippen LogP contribution in [-0.2, 0) is 4.79 Å². The van der Waals surface area contributed by atoms with Crippen molar-refractivity contribution in [3.8, 4) is 5.82 Å². The Balaban J connectivity index is 2.25. The summed E-state index contributed by atoms with van der Waals surface area (Å²) in [4.78, 5) is 20.8. The lowest BCUT2D eigenvalue weighted by molar-refractivity contribution is -0.119. The molecule has 6 heteroatoms. The molecule has 21 heavy (non-hydrogen) atoms. The summed E-state index contributed by atoms with van der Waals surface area (Å²) >= 11 is 0. The molecule has 0 spiro atoms. The first kappa shape index (κ1) is 15.2. The number of imidazole rings is 1. The van der Waals surface area contributed by atoms with Crippen LogP contribution in [0.2, 0.25) is 0 Å². The van der Waals surface area contributed by atoms with Crippen molar-refractivity contribution >= 4 is 11.6 Å². The Labute approximate surface area is 124 Å². The number of hydrogen-bond acceptors (Lipinski definition) is 4. The van der Waals surface area contributed by atoms with Crippen molar-refractivity contribution in [1.29, 1.82) is 0 Å². The fourth-order valence-electron chi connectivity index (χ4n) is 2.23. The molecular formula is C15H21N5O. The normalized spacial score (nSPS) is 12.1. The van der Waals surface area contributed by atoms with Gasteiger partial charge in [0.2, 0.25) is 5.91 Å². The highest BCUT2D eigenvalue weighted by molar-refractivity contribution is 5.94. The van der Waals surface area contributed by atoms with Crippen LogP contribution in [0.25, 0.3) is 5.82 Å². The van der Waals surface area contributed by atoms with Crippen molar-refractivity contribution in [2.45, 2.75) is 26.7 Å². The predicted octanol–water partition coefficient (Wildman–Crippen LogP) is 1.89. The largest absolute Gasteiger partial charge is 0.330 e. The number of nitrogens with two attached hydrogens (primary N) is 1. The molecule has 0 fully saturated rings. The van der Waals surface area contributed by atoms with E-state index in [0.717, 1.165) is 18.7 Å². The van der Waals surface area contributed by atoms with E-state index in [1.165, 1.54) is 0 Å². The van der Waals surface area contributed by atoms with Crippen LogP contribution in [0.3, 0.4) is 0 Å². The topological polar surface area (TPSA) is 85.8 Å². The SMILES string of the molecule is CCCC(CN)C(=O)Nc1cccnc1-n1ccnc1C. The number of pyridine rings is 1. The Morgan fingerprint density at radius 1 is 1.43 bits per heavy atom. The van der Waals surface area contributed by atoms with Gasteiger partial charge in [0, 0.05) is 25.1 Å². The van der Waals surface area contributed by atoms with Crippen molar-refractivity contribution < 1.29 is 4.79 Å². The van der Waals surface area contributed by atoms with Gasteiger partial charge in [-0.05, 0) is 25.5 Å². The molecule has 0 saturated heterocycles. The number of anilines is 1. The first-order valence-electron chi connectivity index (χ1n) is 7.13. The van der Waals surface area contributed by atoms with Gasteiger partial charge in [0.15, 0.2) is 5.82 Å². The second kappa shape index (κ2) is 6.99. The third kappa shape index (κ3) is 3.46. The zero-order chi connectivity index (χ0) is 15.2. The molecule has 2 rings (SSSR count). The summed E-state index contributed by atoms with van der Waals surface area (Å²) in [7, 11) is 0. The van der Waals surface area contributed by atoms with Crippen molar-refractivity contribution in [2.75, 3.05) is 11.9 Å². The summed E-state index contributed by atoms with van der Waals surface area (Å²) < 4.78 is 1.84. The van der Waals surface area contributed by atoms with E-state index < -0.39 is 0 Å². The van der Waals surface area contributed by atoms with E-state index in [9.17, 15) is 4.79 Å². The zero-order valence-electron chi connectivity index (χ0n) is 12.4. The highest BCUT2D eigenvalue weighted by Gasteiger charge is 2.18. The van der Waals surface area contributed by atoms with Crippen LogP contribution >= 0.6 is 0 Å². The van der Waals surface area contributed by atoms with E-state index in [1.54, 1.807) is 18.5 Å². The minimum absolute atomic E-state index is 0.0635. The molecule has 0 aromatic carbocycles. The standard InChI is InChI=1S/C15H21N5O/c1-3-5-12(10-16)15(21)19-13-6-4-7-18-14(13)20-9-8-17-11(20)2/h4,6-9,12H,3,5,10,16H2,1-2H3,(H,19,21). The number of rotatable bonds is 6. The molecule has 0 aliphatic heterocycles. The average molecular weight is 287 g/mol. The maximum Gasteiger partial charge on any atom is 0.228 e. The van der Waals surface area contributed by atoms with Crippen molar-refractivity contribution in [2.24, 2.45) is 11.7 Å². The lowest BCUT2D eigenvalue weighted by Crippen LogP contribution is -2.29. The summed E-state index contributed by atoms with van der Waals surface area (Å²) in [6.07, 6.45) is 6.92. The van der Waals surface area contributed by atoms with Crippen molar-refractivity contribution in [3.63, 3.8) is 0 Å². The number of aromatic nitrogens is 3. The van der Waals surface area contributed by atoms with Crippen LogP contribution in [0.4, 0.5) is 5.69 Å². The summed E-state index contributed by atoms with van der Waals surface area (Å²) in [6, 6.07) is 3.63. The molecule has 0 saturated carbocycles. The number of carbonyl (C=O) groups is 1. The molecule has 1 atom stereocenters. The number of hydrogen-bond donors (Lipinski definition) is 2. The summed E-state index contributed by atoms with van der Waals surface area (Å²) in [5.74, 6) is 1.24. The van der Waals surface area contributed by atoms with Crippen LogP contribution in [0.1, 0.15) is 25.6 Å². The van der Waals surface area contributed by atoms with Gasteiger partial charge in [0.25, 0.3) is 0 Å². The van der Waals surface area contributed by atoms with Crippen LogP contribution in [0.5, 0.6) is 0 Å². The van der Waals surface area contributed by atoms with E-state index in [1.807, 2.05) is 30.7 Å². The molecule has 1 amide bonds. The minimum Gasteiger partial charge on any atom is -0.330 e. The van der Waals surface area contributed by atoms with E-state index in [-0.39, 0.29) is 11.8 Å². The molecule has 3 N–H and O–H groups in total. The molecule has 112 valence electrons. The summed E-state index contributed by atoms with van der Waals surface area (Å²) in [6.45, 7) is 4.28. The Bertz CT molecular complexity index is 608.